The van der Waals surface area contributed by atoms with E-state index in [4.69, 9.17) is 0 Å². The molecule has 0 aliphatic carbocycles. The van der Waals surface area contributed by atoms with Crippen LogP contribution in [-0.2, 0) is 0 Å². The van der Waals surface area contributed by atoms with Crippen molar-refractivity contribution in [2.45, 2.75) is 5.16 Å². The van der Waals surface area contributed by atoms with E-state index in [1.807, 2.05) is 60.7 Å². The third-order valence-corrected chi connectivity index (χ3v) is 2.96. The summed E-state index contributed by atoms with van der Waals surface area (Å²) in [5, 5.41) is 8.55. The molecule has 0 N–H and O–H groups in total. The molecule has 0 bridgehead atoms. The number of hydrogen-bond donors (Lipinski definition) is 1. The van der Waals surface area contributed by atoms with Crippen molar-refractivity contribution >= 4 is 12.6 Å². The van der Waals surface area contributed by atoms with E-state index in [-0.39, 0.29) is 0 Å². The molecule has 2 aromatic carbocycles. The second-order valence-corrected chi connectivity index (χ2v) is 4.44. The zero-order chi connectivity index (χ0) is 13.1. The first-order chi connectivity index (χ1) is 9.34. The summed E-state index contributed by atoms with van der Waals surface area (Å²) in [5.74, 6) is 0. The molecule has 0 amide bonds. The van der Waals surface area contributed by atoms with Gasteiger partial charge in [0, 0.05) is 11.1 Å². The van der Waals surface area contributed by atoms with Crippen molar-refractivity contribution in [2.75, 3.05) is 0 Å². The Bertz CT molecular complexity index is 684. The predicted octanol–water partition coefficient (Wildman–Crippen LogP) is 3.49. The highest BCUT2D eigenvalue weighted by molar-refractivity contribution is 7.80. The van der Waals surface area contributed by atoms with E-state index >= 15 is 0 Å². The predicted molar refractivity (Wildman–Crippen MR) is 78.0 cm³/mol. The number of benzene rings is 2. The molecule has 0 saturated carbocycles. The van der Waals surface area contributed by atoms with Crippen LogP contribution in [0.5, 0.6) is 0 Å². The summed E-state index contributed by atoms with van der Waals surface area (Å²) < 4.78 is 0. The third kappa shape index (κ3) is 2.48. The van der Waals surface area contributed by atoms with Gasteiger partial charge in [-0.15, -0.1) is 22.8 Å². The van der Waals surface area contributed by atoms with E-state index in [1.165, 1.54) is 0 Å². The number of aromatic nitrogens is 3. The van der Waals surface area contributed by atoms with Gasteiger partial charge in [-0.25, -0.2) is 4.98 Å². The highest BCUT2D eigenvalue weighted by atomic mass is 32.1. The molecular weight excluding hydrogens is 254 g/mol. The summed E-state index contributed by atoms with van der Waals surface area (Å²) in [5.41, 5.74) is 3.57. The van der Waals surface area contributed by atoms with Crippen molar-refractivity contribution in [3.05, 3.63) is 60.7 Å². The molecule has 0 spiro atoms. The van der Waals surface area contributed by atoms with Crippen LogP contribution in [0.3, 0.4) is 0 Å². The lowest BCUT2D eigenvalue weighted by molar-refractivity contribution is 0.855. The standard InChI is InChI=1S/C15H11N3S/c19-15-16-13(11-7-3-1-4-8-11)14(17-18-15)12-9-5-2-6-10-12/h1-10H,(H,16,18,19). The maximum Gasteiger partial charge on any atom is 0.206 e. The van der Waals surface area contributed by atoms with Crippen molar-refractivity contribution < 1.29 is 0 Å². The Kier molecular flexibility index (Phi) is 3.25. The number of thiol groups is 1. The molecule has 3 nitrogen and oxygen atoms in total. The number of hydrogen-bond acceptors (Lipinski definition) is 4. The Morgan fingerprint density at radius 2 is 1.16 bits per heavy atom. The molecule has 92 valence electrons. The zero-order valence-corrected chi connectivity index (χ0v) is 11.0. The van der Waals surface area contributed by atoms with Crippen LogP contribution in [0, 0.1) is 0 Å². The average Bonchev–Trinajstić information content (AvgIpc) is 2.49. The second kappa shape index (κ2) is 5.20. The van der Waals surface area contributed by atoms with E-state index in [2.05, 4.69) is 27.8 Å². The quantitative estimate of drug-likeness (QED) is 0.721. The Hall–Kier alpha value is -2.20. The van der Waals surface area contributed by atoms with Crippen LogP contribution in [-0.4, -0.2) is 15.2 Å². The van der Waals surface area contributed by atoms with Crippen LogP contribution in [0.2, 0.25) is 0 Å². The topological polar surface area (TPSA) is 38.7 Å². The van der Waals surface area contributed by atoms with Gasteiger partial charge in [0.1, 0.15) is 11.4 Å². The summed E-state index contributed by atoms with van der Waals surface area (Å²) in [6.07, 6.45) is 0. The molecule has 0 radical (unpaired) electrons. The van der Waals surface area contributed by atoms with Crippen LogP contribution < -0.4 is 0 Å². The van der Waals surface area contributed by atoms with Crippen molar-refractivity contribution in [3.63, 3.8) is 0 Å². The van der Waals surface area contributed by atoms with Crippen molar-refractivity contribution in [2.24, 2.45) is 0 Å². The first-order valence-electron chi connectivity index (χ1n) is 5.89. The molecule has 0 fully saturated rings. The van der Waals surface area contributed by atoms with Gasteiger partial charge in [0.05, 0.1) is 0 Å². The lowest BCUT2D eigenvalue weighted by Crippen LogP contribution is -1.97. The molecule has 0 saturated heterocycles. The van der Waals surface area contributed by atoms with Gasteiger partial charge in [0.15, 0.2) is 0 Å². The minimum absolute atomic E-state index is 0.374. The summed E-state index contributed by atoms with van der Waals surface area (Å²) in [4.78, 5) is 4.41. The fraction of sp³-hybridized carbons (Fsp3) is 0. The van der Waals surface area contributed by atoms with Gasteiger partial charge in [-0.1, -0.05) is 60.7 Å². The molecule has 0 unspecified atom stereocenters. The maximum absolute atomic E-state index is 4.41. The minimum Gasteiger partial charge on any atom is -0.219 e. The SMILES string of the molecule is Sc1nnc(-c2ccccc2)c(-c2ccccc2)n1. The maximum atomic E-state index is 4.41. The van der Waals surface area contributed by atoms with Crippen LogP contribution in [0.15, 0.2) is 65.8 Å². The van der Waals surface area contributed by atoms with Crippen LogP contribution >= 0.6 is 12.6 Å². The Morgan fingerprint density at radius 3 is 1.74 bits per heavy atom. The number of rotatable bonds is 2. The van der Waals surface area contributed by atoms with E-state index in [9.17, 15) is 0 Å². The smallest absolute Gasteiger partial charge is 0.206 e. The van der Waals surface area contributed by atoms with Crippen LogP contribution in [0.25, 0.3) is 22.5 Å². The largest absolute Gasteiger partial charge is 0.219 e. The van der Waals surface area contributed by atoms with Crippen molar-refractivity contribution in [3.8, 4) is 22.5 Å². The highest BCUT2D eigenvalue weighted by Gasteiger charge is 2.11. The van der Waals surface area contributed by atoms with Crippen LogP contribution in [0.1, 0.15) is 0 Å². The lowest BCUT2D eigenvalue weighted by atomic mass is 10.0. The Balaban J connectivity index is 2.21. The molecule has 0 aliphatic rings. The molecule has 4 heteroatoms. The average molecular weight is 265 g/mol. The summed E-state index contributed by atoms with van der Waals surface area (Å²) >= 11 is 4.18. The summed E-state index contributed by atoms with van der Waals surface area (Å²) in [7, 11) is 0. The van der Waals surface area contributed by atoms with Gasteiger partial charge >= 0.3 is 0 Å². The highest BCUT2D eigenvalue weighted by Crippen LogP contribution is 2.28. The molecule has 1 aromatic heterocycles. The first kappa shape index (κ1) is 11.9. The second-order valence-electron chi connectivity index (χ2n) is 4.04. The first-order valence-corrected chi connectivity index (χ1v) is 6.34. The van der Waals surface area contributed by atoms with Gasteiger partial charge in [0.25, 0.3) is 0 Å². The molecule has 19 heavy (non-hydrogen) atoms. The van der Waals surface area contributed by atoms with Gasteiger partial charge in [-0.3, -0.25) is 0 Å². The fourth-order valence-corrected chi connectivity index (χ4v) is 2.05. The van der Waals surface area contributed by atoms with E-state index in [0.717, 1.165) is 22.5 Å². The van der Waals surface area contributed by atoms with Crippen molar-refractivity contribution in [1.29, 1.82) is 0 Å². The van der Waals surface area contributed by atoms with E-state index < -0.39 is 0 Å². The van der Waals surface area contributed by atoms with Crippen molar-refractivity contribution in [1.82, 2.24) is 15.2 Å². The van der Waals surface area contributed by atoms with Gasteiger partial charge < -0.3 is 0 Å². The molecule has 3 rings (SSSR count). The normalized spacial score (nSPS) is 10.4. The molecule has 3 aromatic rings. The Morgan fingerprint density at radius 1 is 0.632 bits per heavy atom. The van der Waals surface area contributed by atoms with E-state index in [0.29, 0.717) is 5.16 Å². The van der Waals surface area contributed by atoms with Gasteiger partial charge in [-0.2, -0.15) is 0 Å². The molecule has 0 atom stereocenters. The molecular formula is C15H11N3S. The minimum atomic E-state index is 0.374. The number of nitrogens with zero attached hydrogens (tertiary/aromatic N) is 3. The van der Waals surface area contributed by atoms with Crippen LogP contribution in [0.4, 0.5) is 0 Å². The molecule has 1 heterocycles. The summed E-state index contributed by atoms with van der Waals surface area (Å²) in [6, 6.07) is 19.8. The zero-order valence-electron chi connectivity index (χ0n) is 10.1. The van der Waals surface area contributed by atoms with Gasteiger partial charge in [-0.05, 0) is 0 Å². The third-order valence-electron chi connectivity index (χ3n) is 2.77. The van der Waals surface area contributed by atoms with E-state index in [1.54, 1.807) is 0 Å². The monoisotopic (exact) mass is 265 g/mol. The summed E-state index contributed by atoms with van der Waals surface area (Å²) in [6.45, 7) is 0. The lowest BCUT2D eigenvalue weighted by Gasteiger charge is -2.07. The Labute approximate surface area is 116 Å². The fourth-order valence-electron chi connectivity index (χ4n) is 1.91. The molecule has 0 aliphatic heterocycles. The van der Waals surface area contributed by atoms with Gasteiger partial charge in [0.2, 0.25) is 5.16 Å².